The number of aromatic nitrogens is 1. The number of ketones is 1. The first-order valence-electron chi connectivity index (χ1n) is 10.6. The standard InChI is InChI=1S/C27H19ClN2O3S/c1-16-10-12-20-22(14-16)34-27(29-20)30-24(18-8-5-9-19(28)15-18)23(25(32)26(30)33)21(31)13-11-17-6-3-2-4-7-17/h2-15,24,32H,1H3. The van der Waals surface area contributed by atoms with E-state index < -0.39 is 23.5 Å². The minimum atomic E-state index is -0.860. The second kappa shape index (κ2) is 8.89. The van der Waals surface area contributed by atoms with Gasteiger partial charge in [-0.1, -0.05) is 77.5 Å². The fourth-order valence-corrected chi connectivity index (χ4v) is 5.28. The highest BCUT2D eigenvalue weighted by molar-refractivity contribution is 7.22. The van der Waals surface area contributed by atoms with Gasteiger partial charge in [0, 0.05) is 5.02 Å². The van der Waals surface area contributed by atoms with Crippen LogP contribution in [0.25, 0.3) is 16.3 Å². The van der Waals surface area contributed by atoms with Crippen LogP contribution in [0.1, 0.15) is 22.7 Å². The van der Waals surface area contributed by atoms with Gasteiger partial charge in [-0.3, -0.25) is 14.5 Å². The molecule has 0 spiro atoms. The lowest BCUT2D eigenvalue weighted by Crippen LogP contribution is -2.30. The molecule has 1 atom stereocenters. The van der Waals surface area contributed by atoms with Crippen LogP contribution in [-0.2, 0) is 9.59 Å². The second-order valence-electron chi connectivity index (χ2n) is 7.97. The van der Waals surface area contributed by atoms with E-state index in [1.165, 1.54) is 22.3 Å². The number of aliphatic hydroxyl groups is 1. The highest BCUT2D eigenvalue weighted by Crippen LogP contribution is 2.44. The molecular weight excluding hydrogens is 468 g/mol. The third-order valence-electron chi connectivity index (χ3n) is 5.60. The van der Waals surface area contributed by atoms with Gasteiger partial charge in [0.1, 0.15) is 0 Å². The number of fused-ring (bicyclic) bond motifs is 1. The first kappa shape index (κ1) is 22.1. The molecule has 34 heavy (non-hydrogen) atoms. The molecule has 0 aliphatic carbocycles. The van der Waals surface area contributed by atoms with Crippen molar-refractivity contribution in [2.45, 2.75) is 13.0 Å². The summed E-state index contributed by atoms with van der Waals surface area (Å²) >= 11 is 7.58. The number of aryl methyl sites for hydroxylation is 1. The van der Waals surface area contributed by atoms with Crippen LogP contribution in [0.4, 0.5) is 5.13 Å². The molecule has 1 N–H and O–H groups in total. The highest BCUT2D eigenvalue weighted by Gasteiger charge is 2.45. The van der Waals surface area contributed by atoms with Crippen molar-refractivity contribution >= 4 is 56.1 Å². The lowest BCUT2D eigenvalue weighted by atomic mass is 9.96. The van der Waals surface area contributed by atoms with E-state index in [-0.39, 0.29) is 5.57 Å². The molecular formula is C27H19ClN2O3S. The third kappa shape index (κ3) is 4.02. The number of hydrogen-bond donors (Lipinski definition) is 1. The van der Waals surface area contributed by atoms with Gasteiger partial charge < -0.3 is 5.11 Å². The van der Waals surface area contributed by atoms with Gasteiger partial charge in [-0.05, 0) is 54.0 Å². The van der Waals surface area contributed by atoms with E-state index in [0.717, 1.165) is 21.3 Å². The summed E-state index contributed by atoms with van der Waals surface area (Å²) in [4.78, 5) is 32.6. The first-order chi connectivity index (χ1) is 16.4. The molecule has 1 aliphatic rings. The molecule has 2 heterocycles. The molecule has 4 aromatic rings. The Morgan fingerprint density at radius 1 is 1.09 bits per heavy atom. The Morgan fingerprint density at radius 3 is 2.65 bits per heavy atom. The van der Waals surface area contributed by atoms with Gasteiger partial charge in [0.2, 0.25) is 0 Å². The van der Waals surface area contributed by atoms with Gasteiger partial charge in [-0.25, -0.2) is 4.98 Å². The number of rotatable bonds is 5. The Hall–Kier alpha value is -3.74. The minimum absolute atomic E-state index is 0.00474. The van der Waals surface area contributed by atoms with Crippen molar-refractivity contribution in [2.75, 3.05) is 4.90 Å². The molecule has 0 bridgehead atoms. The summed E-state index contributed by atoms with van der Waals surface area (Å²) in [6, 6.07) is 21.3. The average Bonchev–Trinajstić information content (AvgIpc) is 3.36. The fraction of sp³-hybridized carbons (Fsp3) is 0.0741. The van der Waals surface area contributed by atoms with Gasteiger partial charge in [-0.15, -0.1) is 0 Å². The van der Waals surface area contributed by atoms with Crippen molar-refractivity contribution in [3.63, 3.8) is 0 Å². The van der Waals surface area contributed by atoms with Crippen LogP contribution in [0.5, 0.6) is 0 Å². The molecule has 0 saturated heterocycles. The zero-order chi connectivity index (χ0) is 23.8. The lowest BCUT2D eigenvalue weighted by Gasteiger charge is -2.24. The Morgan fingerprint density at radius 2 is 1.88 bits per heavy atom. The lowest BCUT2D eigenvalue weighted by molar-refractivity contribution is -0.117. The molecule has 1 aliphatic heterocycles. The van der Waals surface area contributed by atoms with Crippen molar-refractivity contribution in [3.05, 3.63) is 112 Å². The van der Waals surface area contributed by atoms with Crippen LogP contribution in [0, 0.1) is 6.92 Å². The fourth-order valence-electron chi connectivity index (χ4n) is 3.99. The normalized spacial score (nSPS) is 16.2. The van der Waals surface area contributed by atoms with E-state index in [4.69, 9.17) is 11.6 Å². The number of halogens is 1. The Kier molecular flexibility index (Phi) is 5.77. The smallest absolute Gasteiger partial charge is 0.296 e. The monoisotopic (exact) mass is 486 g/mol. The molecule has 1 aromatic heterocycles. The predicted molar refractivity (Wildman–Crippen MR) is 136 cm³/mol. The topological polar surface area (TPSA) is 70.5 Å². The quantitative estimate of drug-likeness (QED) is 0.329. The number of carbonyl (C=O) groups excluding carboxylic acids is 2. The largest absolute Gasteiger partial charge is 0.503 e. The van der Waals surface area contributed by atoms with Gasteiger partial charge in [0.05, 0.1) is 21.8 Å². The Bertz CT molecular complexity index is 1490. The van der Waals surface area contributed by atoms with Crippen molar-refractivity contribution in [3.8, 4) is 0 Å². The summed E-state index contributed by atoms with van der Waals surface area (Å²) in [7, 11) is 0. The van der Waals surface area contributed by atoms with E-state index >= 15 is 0 Å². The molecule has 0 radical (unpaired) electrons. The molecule has 0 fully saturated rings. The molecule has 168 valence electrons. The maximum Gasteiger partial charge on any atom is 0.296 e. The molecule has 1 unspecified atom stereocenters. The molecule has 0 saturated carbocycles. The van der Waals surface area contributed by atoms with Crippen molar-refractivity contribution < 1.29 is 14.7 Å². The second-order valence-corrected chi connectivity index (χ2v) is 9.42. The van der Waals surface area contributed by atoms with E-state index in [1.54, 1.807) is 30.3 Å². The van der Waals surface area contributed by atoms with Gasteiger partial charge in [0.15, 0.2) is 16.7 Å². The van der Waals surface area contributed by atoms with Crippen LogP contribution >= 0.6 is 22.9 Å². The number of thiazole rings is 1. The molecule has 3 aromatic carbocycles. The zero-order valence-electron chi connectivity index (χ0n) is 18.1. The third-order valence-corrected chi connectivity index (χ3v) is 6.86. The van der Waals surface area contributed by atoms with Crippen LogP contribution in [0.3, 0.4) is 0 Å². The molecule has 1 amide bonds. The first-order valence-corrected chi connectivity index (χ1v) is 11.8. The number of benzene rings is 3. The number of anilines is 1. The predicted octanol–water partition coefficient (Wildman–Crippen LogP) is 6.44. The Labute approximate surface area is 205 Å². The average molecular weight is 487 g/mol. The van der Waals surface area contributed by atoms with Crippen LogP contribution in [0.2, 0.25) is 5.02 Å². The van der Waals surface area contributed by atoms with Crippen molar-refractivity contribution in [1.29, 1.82) is 0 Å². The SMILES string of the molecule is Cc1ccc2nc(N3C(=O)C(O)=C(C(=O)C=Cc4ccccc4)C3c3cccc(Cl)c3)sc2c1. The zero-order valence-corrected chi connectivity index (χ0v) is 19.7. The summed E-state index contributed by atoms with van der Waals surface area (Å²) in [6.07, 6.45) is 3.03. The number of carbonyl (C=O) groups is 2. The van der Waals surface area contributed by atoms with Crippen LogP contribution in [-0.4, -0.2) is 21.8 Å². The summed E-state index contributed by atoms with van der Waals surface area (Å²) < 4.78 is 0.913. The number of hydrogen-bond acceptors (Lipinski definition) is 5. The van der Waals surface area contributed by atoms with E-state index in [9.17, 15) is 14.7 Å². The Balaban J connectivity index is 1.61. The van der Waals surface area contributed by atoms with E-state index in [2.05, 4.69) is 4.98 Å². The summed E-state index contributed by atoms with van der Waals surface area (Å²) in [5.41, 5.74) is 3.25. The van der Waals surface area contributed by atoms with Crippen LogP contribution < -0.4 is 4.90 Å². The number of allylic oxidation sites excluding steroid dienone is 1. The van der Waals surface area contributed by atoms with Crippen LogP contribution in [0.15, 0.2) is 90.2 Å². The highest BCUT2D eigenvalue weighted by atomic mass is 35.5. The van der Waals surface area contributed by atoms with Gasteiger partial charge in [0.25, 0.3) is 5.91 Å². The minimum Gasteiger partial charge on any atom is -0.503 e. The molecule has 7 heteroatoms. The molecule has 5 nitrogen and oxygen atoms in total. The van der Waals surface area contributed by atoms with Gasteiger partial charge in [-0.2, -0.15) is 0 Å². The van der Waals surface area contributed by atoms with Crippen molar-refractivity contribution in [2.24, 2.45) is 0 Å². The maximum absolute atomic E-state index is 13.3. The maximum atomic E-state index is 13.3. The summed E-state index contributed by atoms with van der Waals surface area (Å²) in [6.45, 7) is 1.98. The number of nitrogens with zero attached hydrogens (tertiary/aromatic N) is 2. The summed E-state index contributed by atoms with van der Waals surface area (Å²) in [5.74, 6) is -1.71. The van der Waals surface area contributed by atoms with Gasteiger partial charge >= 0.3 is 0 Å². The number of amides is 1. The number of aliphatic hydroxyl groups excluding tert-OH is 1. The van der Waals surface area contributed by atoms with Crippen molar-refractivity contribution in [1.82, 2.24) is 4.98 Å². The summed E-state index contributed by atoms with van der Waals surface area (Å²) in [5, 5.41) is 11.7. The molecule has 5 rings (SSSR count). The van der Waals surface area contributed by atoms with E-state index in [0.29, 0.717) is 15.7 Å². The van der Waals surface area contributed by atoms with E-state index in [1.807, 2.05) is 55.5 Å².